The van der Waals surface area contributed by atoms with Gasteiger partial charge in [0.15, 0.2) is 0 Å². The fourth-order valence-electron chi connectivity index (χ4n) is 2.23. The molecule has 2 unspecified atom stereocenters. The van der Waals surface area contributed by atoms with Gasteiger partial charge in [0.05, 0.1) is 13.2 Å². The average Bonchev–Trinajstić information content (AvgIpc) is 2.56. The third kappa shape index (κ3) is 16.4. The second kappa shape index (κ2) is 17.3. The first kappa shape index (κ1) is 25.7. The number of phosphoric acid groups is 1. The second-order valence-electron chi connectivity index (χ2n) is 6.00. The molecule has 0 amide bonds. The lowest BCUT2D eigenvalue weighted by molar-refractivity contribution is 0.110. The summed E-state index contributed by atoms with van der Waals surface area (Å²) in [6.07, 6.45) is 9.31. The molecule has 0 rings (SSSR count). The van der Waals surface area contributed by atoms with E-state index in [1.54, 1.807) is 0 Å². The summed E-state index contributed by atoms with van der Waals surface area (Å²) in [5.41, 5.74) is 0. The highest BCUT2D eigenvalue weighted by atomic mass is 31.2. The molecule has 6 nitrogen and oxygen atoms in total. The summed E-state index contributed by atoms with van der Waals surface area (Å²) >= 11 is 0. The van der Waals surface area contributed by atoms with Gasteiger partial charge in [0, 0.05) is 0 Å². The van der Waals surface area contributed by atoms with Crippen LogP contribution >= 0.6 is 7.82 Å². The Kier molecular flexibility index (Phi) is 18.6. The maximum atomic E-state index is 11.9. The lowest BCUT2D eigenvalue weighted by Gasteiger charge is -2.20. The van der Waals surface area contributed by atoms with Crippen LogP contribution in [0.3, 0.4) is 0 Å². The molecule has 0 aliphatic carbocycles. The Morgan fingerprint density at radius 1 is 0.958 bits per heavy atom. The van der Waals surface area contributed by atoms with E-state index in [9.17, 15) is 9.46 Å². The van der Waals surface area contributed by atoms with Gasteiger partial charge < -0.3 is 4.89 Å². The molecule has 2 N–H and O–H groups in total. The summed E-state index contributed by atoms with van der Waals surface area (Å²) in [6, 6.07) is 0. The fourth-order valence-corrected chi connectivity index (χ4v) is 3.11. The van der Waals surface area contributed by atoms with Crippen LogP contribution in [-0.2, 0) is 18.4 Å². The van der Waals surface area contributed by atoms with Crippen molar-refractivity contribution in [2.24, 2.45) is 11.8 Å². The normalized spacial score (nSPS) is 15.5. The molecule has 0 aromatic rings. The molecule has 0 aliphatic rings. The Balaban J connectivity index is 0. The van der Waals surface area contributed by atoms with Gasteiger partial charge in [-0.15, -0.1) is 0 Å². The number of carbonyl (C=O) groups excluding carboxylic acids is 1. The predicted molar refractivity (Wildman–Crippen MR) is 96.8 cm³/mol. The highest BCUT2D eigenvalue weighted by Gasteiger charge is 2.24. The minimum Gasteiger partial charge on any atom is -0.302 e. The zero-order chi connectivity index (χ0) is 18.8. The van der Waals surface area contributed by atoms with Crippen LogP contribution < -0.4 is 0 Å². The molecule has 0 spiro atoms. The molecule has 0 aromatic carbocycles. The van der Waals surface area contributed by atoms with Crippen molar-refractivity contribution in [1.82, 2.24) is 0 Å². The SMILES string of the molecule is CCCCC(CC)COP(=O)(O)OCC(CC)CCCC.N=C=O. The Hall–Kier alpha value is -0.510. The third-order valence-electron chi connectivity index (χ3n) is 4.03. The van der Waals surface area contributed by atoms with Crippen LogP contribution in [-0.4, -0.2) is 24.2 Å². The van der Waals surface area contributed by atoms with Crippen LogP contribution in [0.2, 0.25) is 0 Å². The molecule has 24 heavy (non-hydrogen) atoms. The van der Waals surface area contributed by atoms with Gasteiger partial charge in [-0.3, -0.25) is 9.05 Å². The standard InChI is InChI=1S/C16H35O4P.CHNO/c1-5-9-11-15(7-3)13-19-21(17,18)20-14-16(8-4)12-10-6-2;2-1-3/h15-16H,5-14H2,1-4H3,(H,17,18);2H. The maximum absolute atomic E-state index is 11.9. The molecule has 0 saturated heterocycles. The van der Waals surface area contributed by atoms with Gasteiger partial charge in [-0.2, -0.15) is 0 Å². The van der Waals surface area contributed by atoms with Gasteiger partial charge in [0.2, 0.25) is 6.08 Å². The molecule has 0 saturated carbocycles. The molecule has 0 fully saturated rings. The minimum atomic E-state index is -3.89. The quantitative estimate of drug-likeness (QED) is 0.242. The van der Waals surface area contributed by atoms with Gasteiger partial charge in [0.25, 0.3) is 0 Å². The zero-order valence-electron chi connectivity index (χ0n) is 15.8. The summed E-state index contributed by atoms with van der Waals surface area (Å²) in [4.78, 5) is 18.1. The summed E-state index contributed by atoms with van der Waals surface area (Å²) in [5.74, 6) is 0.687. The number of hydrogen-bond donors (Lipinski definition) is 2. The molecule has 7 heteroatoms. The van der Waals surface area contributed by atoms with E-state index in [4.69, 9.17) is 19.3 Å². The number of phosphoric ester groups is 1. The maximum Gasteiger partial charge on any atom is 0.472 e. The van der Waals surface area contributed by atoms with Gasteiger partial charge in [-0.25, -0.2) is 14.8 Å². The van der Waals surface area contributed by atoms with E-state index in [0.717, 1.165) is 57.4 Å². The molecular formula is C17H36NO5P. The van der Waals surface area contributed by atoms with Crippen LogP contribution in [0.5, 0.6) is 0 Å². The minimum absolute atomic E-state index is 0.316. The van der Waals surface area contributed by atoms with Crippen molar-refractivity contribution < 1.29 is 23.3 Å². The first-order chi connectivity index (χ1) is 11.4. The summed E-state index contributed by atoms with van der Waals surface area (Å²) in [5, 5.41) is 5.40. The molecule has 144 valence electrons. The van der Waals surface area contributed by atoms with Crippen molar-refractivity contribution in [3.05, 3.63) is 0 Å². The number of hydrogen-bond acceptors (Lipinski definition) is 5. The molecular weight excluding hydrogens is 329 g/mol. The molecule has 0 radical (unpaired) electrons. The number of unbranched alkanes of at least 4 members (excludes halogenated alkanes) is 2. The van der Waals surface area contributed by atoms with Crippen molar-refractivity contribution in [3.63, 3.8) is 0 Å². The van der Waals surface area contributed by atoms with E-state index in [1.807, 2.05) is 0 Å². The van der Waals surface area contributed by atoms with Crippen LogP contribution in [0, 0.1) is 17.2 Å². The smallest absolute Gasteiger partial charge is 0.302 e. The molecule has 0 aromatic heterocycles. The zero-order valence-corrected chi connectivity index (χ0v) is 16.6. The van der Waals surface area contributed by atoms with E-state index in [-0.39, 0.29) is 0 Å². The average molecular weight is 365 g/mol. The van der Waals surface area contributed by atoms with Crippen LogP contribution in [0.4, 0.5) is 0 Å². The third-order valence-corrected chi connectivity index (χ3v) is 4.98. The van der Waals surface area contributed by atoms with E-state index in [0.29, 0.717) is 25.0 Å². The first-order valence-corrected chi connectivity index (χ1v) is 10.6. The molecule has 0 aliphatic heterocycles. The fraction of sp³-hybridized carbons (Fsp3) is 0.941. The number of rotatable bonds is 14. The lowest BCUT2D eigenvalue weighted by atomic mass is 10.0. The predicted octanol–water partition coefficient (Wildman–Crippen LogP) is 5.45. The van der Waals surface area contributed by atoms with Crippen LogP contribution in [0.25, 0.3) is 0 Å². The Labute approximate surface area is 147 Å². The molecule has 0 bridgehead atoms. The highest BCUT2D eigenvalue weighted by molar-refractivity contribution is 7.47. The van der Waals surface area contributed by atoms with E-state index in [2.05, 4.69) is 27.7 Å². The monoisotopic (exact) mass is 365 g/mol. The van der Waals surface area contributed by atoms with Gasteiger partial charge in [0.1, 0.15) is 0 Å². The van der Waals surface area contributed by atoms with E-state index >= 15 is 0 Å². The molecule has 0 heterocycles. The Morgan fingerprint density at radius 3 is 1.54 bits per heavy atom. The Bertz CT molecular complexity index is 335. The van der Waals surface area contributed by atoms with Crippen LogP contribution in [0.15, 0.2) is 0 Å². The number of isocyanates is 1. The lowest BCUT2D eigenvalue weighted by Crippen LogP contribution is -2.12. The highest BCUT2D eigenvalue weighted by Crippen LogP contribution is 2.44. The van der Waals surface area contributed by atoms with Crippen LogP contribution in [0.1, 0.15) is 79.1 Å². The second-order valence-corrected chi connectivity index (χ2v) is 7.45. The summed E-state index contributed by atoms with van der Waals surface area (Å²) < 4.78 is 22.2. The first-order valence-electron chi connectivity index (χ1n) is 9.06. The van der Waals surface area contributed by atoms with E-state index in [1.165, 1.54) is 0 Å². The van der Waals surface area contributed by atoms with Crippen molar-refractivity contribution in [2.45, 2.75) is 79.1 Å². The van der Waals surface area contributed by atoms with Crippen molar-refractivity contribution in [1.29, 1.82) is 5.41 Å². The van der Waals surface area contributed by atoms with Crippen molar-refractivity contribution in [3.8, 4) is 0 Å². The Morgan fingerprint density at radius 2 is 1.29 bits per heavy atom. The largest absolute Gasteiger partial charge is 0.472 e. The van der Waals surface area contributed by atoms with Crippen molar-refractivity contribution in [2.75, 3.05) is 13.2 Å². The number of nitrogens with one attached hydrogen (secondary N) is 1. The molecule has 2 atom stereocenters. The van der Waals surface area contributed by atoms with E-state index < -0.39 is 7.82 Å². The topological polar surface area (TPSA) is 96.7 Å². The summed E-state index contributed by atoms with van der Waals surface area (Å²) in [6.45, 7) is 9.10. The van der Waals surface area contributed by atoms with Gasteiger partial charge in [-0.05, 0) is 24.7 Å². The van der Waals surface area contributed by atoms with Gasteiger partial charge in [-0.1, -0.05) is 66.2 Å². The van der Waals surface area contributed by atoms with Gasteiger partial charge >= 0.3 is 7.82 Å². The van der Waals surface area contributed by atoms with Crippen molar-refractivity contribution >= 4 is 13.9 Å². The summed E-state index contributed by atoms with van der Waals surface area (Å²) in [7, 11) is -3.89.